The van der Waals surface area contributed by atoms with Crippen molar-refractivity contribution in [1.29, 1.82) is 0 Å². The zero-order valence-corrected chi connectivity index (χ0v) is 17.5. The molecule has 4 heterocycles. The number of benzene rings is 1. The number of hydrogen-bond donors (Lipinski definition) is 0. The molecule has 1 fully saturated rings. The molecular formula is C23H25FN6O. The van der Waals surface area contributed by atoms with Crippen molar-refractivity contribution in [3.05, 3.63) is 65.7 Å². The van der Waals surface area contributed by atoms with Crippen molar-refractivity contribution in [2.75, 3.05) is 19.6 Å². The normalized spacial score (nSPS) is 15.7. The molecule has 1 aromatic carbocycles. The largest absolute Gasteiger partial charge is 0.339 e. The maximum Gasteiger partial charge on any atom is 0.227 e. The standard InChI is InChI=1S/C23H25FN6O/c1-16-7-8-18(15-19(16)24)22-25-21(31-28-22)6-4-11-29-13-9-17(10-14-29)23-27-26-20-5-2-3-12-30(20)23/h2-3,5,7-8,12,15,17H,4,6,9-11,13-14H2,1H3. The van der Waals surface area contributed by atoms with Gasteiger partial charge >= 0.3 is 0 Å². The number of rotatable bonds is 6. The van der Waals surface area contributed by atoms with Crippen LogP contribution in [0.2, 0.25) is 0 Å². The quantitative estimate of drug-likeness (QED) is 0.469. The molecule has 0 saturated carbocycles. The van der Waals surface area contributed by atoms with Gasteiger partial charge in [0.15, 0.2) is 5.65 Å². The van der Waals surface area contributed by atoms with Crippen molar-refractivity contribution < 1.29 is 8.91 Å². The lowest BCUT2D eigenvalue weighted by molar-refractivity contribution is 0.204. The first-order chi connectivity index (χ1) is 15.2. The molecule has 8 heteroatoms. The first-order valence-corrected chi connectivity index (χ1v) is 10.8. The van der Waals surface area contributed by atoms with Gasteiger partial charge in [-0.1, -0.05) is 23.4 Å². The fraction of sp³-hybridized carbons (Fsp3) is 0.391. The van der Waals surface area contributed by atoms with Gasteiger partial charge in [0.2, 0.25) is 11.7 Å². The Morgan fingerprint density at radius 2 is 2.00 bits per heavy atom. The highest BCUT2D eigenvalue weighted by atomic mass is 19.1. The first kappa shape index (κ1) is 19.8. The Hall–Kier alpha value is -3.13. The van der Waals surface area contributed by atoms with Crippen molar-refractivity contribution in [3.63, 3.8) is 0 Å². The molecule has 4 aromatic rings. The third kappa shape index (κ3) is 4.20. The Labute approximate surface area is 179 Å². The number of fused-ring (bicyclic) bond motifs is 1. The van der Waals surface area contributed by atoms with E-state index in [2.05, 4.69) is 29.6 Å². The maximum absolute atomic E-state index is 13.8. The summed E-state index contributed by atoms with van der Waals surface area (Å²) < 4.78 is 21.2. The number of nitrogens with zero attached hydrogens (tertiary/aromatic N) is 6. The van der Waals surface area contributed by atoms with Crippen LogP contribution in [-0.4, -0.2) is 49.3 Å². The summed E-state index contributed by atoms with van der Waals surface area (Å²) in [7, 11) is 0. The molecule has 0 atom stereocenters. The Balaban J connectivity index is 1.11. The van der Waals surface area contributed by atoms with Crippen molar-refractivity contribution in [1.82, 2.24) is 29.6 Å². The smallest absolute Gasteiger partial charge is 0.227 e. The molecule has 7 nitrogen and oxygen atoms in total. The predicted molar refractivity (Wildman–Crippen MR) is 114 cm³/mol. The van der Waals surface area contributed by atoms with Gasteiger partial charge in [0.25, 0.3) is 0 Å². The number of aryl methyl sites for hydroxylation is 2. The maximum atomic E-state index is 13.8. The zero-order valence-electron chi connectivity index (χ0n) is 17.5. The molecule has 0 spiro atoms. The molecule has 5 rings (SSSR count). The summed E-state index contributed by atoms with van der Waals surface area (Å²) in [5.41, 5.74) is 2.15. The van der Waals surface area contributed by atoms with Crippen LogP contribution < -0.4 is 0 Å². The Bertz CT molecular complexity index is 1180. The van der Waals surface area contributed by atoms with Crippen LogP contribution in [0, 0.1) is 12.7 Å². The third-order valence-electron chi connectivity index (χ3n) is 6.06. The van der Waals surface area contributed by atoms with E-state index in [9.17, 15) is 4.39 Å². The monoisotopic (exact) mass is 420 g/mol. The summed E-state index contributed by atoms with van der Waals surface area (Å²) in [6.45, 7) is 4.82. The lowest BCUT2D eigenvalue weighted by atomic mass is 9.96. The second kappa shape index (κ2) is 8.55. The average molecular weight is 420 g/mol. The molecule has 1 aliphatic heterocycles. The van der Waals surface area contributed by atoms with Crippen LogP contribution in [0.3, 0.4) is 0 Å². The van der Waals surface area contributed by atoms with Gasteiger partial charge in [-0.05, 0) is 69.6 Å². The van der Waals surface area contributed by atoms with Gasteiger partial charge in [-0.15, -0.1) is 10.2 Å². The van der Waals surface area contributed by atoms with Gasteiger partial charge < -0.3 is 9.42 Å². The van der Waals surface area contributed by atoms with Crippen molar-refractivity contribution >= 4 is 5.65 Å². The predicted octanol–water partition coefficient (Wildman–Crippen LogP) is 4.04. The summed E-state index contributed by atoms with van der Waals surface area (Å²) in [4.78, 5) is 6.91. The summed E-state index contributed by atoms with van der Waals surface area (Å²) in [5, 5.41) is 12.7. The van der Waals surface area contributed by atoms with Crippen molar-refractivity contribution in [2.45, 2.75) is 38.5 Å². The van der Waals surface area contributed by atoms with E-state index in [0.29, 0.717) is 28.8 Å². The van der Waals surface area contributed by atoms with Crippen LogP contribution in [0.15, 0.2) is 47.1 Å². The van der Waals surface area contributed by atoms with Crippen LogP contribution >= 0.6 is 0 Å². The van der Waals surface area contributed by atoms with Crippen LogP contribution in [0.5, 0.6) is 0 Å². The fourth-order valence-electron chi connectivity index (χ4n) is 4.21. The molecule has 31 heavy (non-hydrogen) atoms. The van der Waals surface area contributed by atoms with Gasteiger partial charge in [0, 0.05) is 24.1 Å². The van der Waals surface area contributed by atoms with Crippen molar-refractivity contribution in [3.8, 4) is 11.4 Å². The van der Waals surface area contributed by atoms with Gasteiger partial charge in [-0.25, -0.2) is 4.39 Å². The SMILES string of the molecule is Cc1ccc(-c2noc(CCCN3CCC(c4nnc5ccccn45)CC3)n2)cc1F. The highest BCUT2D eigenvalue weighted by Gasteiger charge is 2.24. The van der Waals surface area contributed by atoms with Crippen LogP contribution in [0.1, 0.15) is 42.5 Å². The Morgan fingerprint density at radius 1 is 1.13 bits per heavy atom. The van der Waals surface area contributed by atoms with E-state index in [1.54, 1.807) is 13.0 Å². The molecule has 0 amide bonds. The number of aromatic nitrogens is 5. The summed E-state index contributed by atoms with van der Waals surface area (Å²) in [6, 6.07) is 11.0. The number of hydrogen-bond acceptors (Lipinski definition) is 6. The number of halogens is 1. The molecule has 0 radical (unpaired) electrons. The van der Waals surface area contributed by atoms with Crippen LogP contribution in [0.25, 0.3) is 17.0 Å². The summed E-state index contributed by atoms with van der Waals surface area (Å²) in [5.74, 6) is 2.30. The van der Waals surface area contributed by atoms with Gasteiger partial charge in [0.1, 0.15) is 11.6 Å². The average Bonchev–Trinajstić information content (AvgIpc) is 3.44. The van der Waals surface area contributed by atoms with Gasteiger partial charge in [-0.3, -0.25) is 4.40 Å². The molecule has 0 aliphatic carbocycles. The summed E-state index contributed by atoms with van der Waals surface area (Å²) >= 11 is 0. The van der Waals surface area contributed by atoms with E-state index < -0.39 is 0 Å². The second-order valence-electron chi connectivity index (χ2n) is 8.18. The fourth-order valence-corrected chi connectivity index (χ4v) is 4.21. The molecule has 3 aromatic heterocycles. The lowest BCUT2D eigenvalue weighted by Gasteiger charge is -2.31. The molecule has 0 bridgehead atoms. The number of pyridine rings is 1. The highest BCUT2D eigenvalue weighted by molar-refractivity contribution is 5.54. The molecule has 160 valence electrons. The van der Waals surface area contributed by atoms with Gasteiger partial charge in [0.05, 0.1) is 0 Å². The molecular weight excluding hydrogens is 395 g/mol. The van der Waals surface area contributed by atoms with E-state index >= 15 is 0 Å². The minimum atomic E-state index is -0.258. The van der Waals surface area contributed by atoms with Gasteiger partial charge in [-0.2, -0.15) is 4.98 Å². The Morgan fingerprint density at radius 3 is 2.84 bits per heavy atom. The second-order valence-corrected chi connectivity index (χ2v) is 8.18. The lowest BCUT2D eigenvalue weighted by Crippen LogP contribution is -2.34. The van der Waals surface area contributed by atoms with Crippen LogP contribution in [-0.2, 0) is 6.42 Å². The van der Waals surface area contributed by atoms with Crippen LogP contribution in [0.4, 0.5) is 4.39 Å². The zero-order chi connectivity index (χ0) is 21.2. The molecule has 0 N–H and O–H groups in total. The molecule has 0 unspecified atom stereocenters. The van der Waals surface area contributed by atoms with E-state index in [-0.39, 0.29) is 5.82 Å². The van der Waals surface area contributed by atoms with E-state index in [4.69, 9.17) is 4.52 Å². The van der Waals surface area contributed by atoms with E-state index in [1.165, 1.54) is 6.07 Å². The Kier molecular flexibility index (Phi) is 5.46. The highest BCUT2D eigenvalue weighted by Crippen LogP contribution is 2.27. The number of piperidine rings is 1. The van der Waals surface area contributed by atoms with E-state index in [0.717, 1.165) is 56.8 Å². The number of likely N-dealkylation sites (tertiary alicyclic amines) is 1. The van der Waals surface area contributed by atoms with E-state index in [1.807, 2.05) is 30.5 Å². The minimum Gasteiger partial charge on any atom is -0.339 e. The van der Waals surface area contributed by atoms with Crippen molar-refractivity contribution in [2.24, 2.45) is 0 Å². The first-order valence-electron chi connectivity index (χ1n) is 10.8. The topological polar surface area (TPSA) is 72.4 Å². The third-order valence-corrected chi connectivity index (χ3v) is 6.06. The minimum absolute atomic E-state index is 0.258. The summed E-state index contributed by atoms with van der Waals surface area (Å²) in [6.07, 6.45) is 5.87. The molecule has 1 saturated heterocycles. The molecule has 1 aliphatic rings.